The van der Waals surface area contributed by atoms with E-state index in [1.165, 1.54) is 5.69 Å². The van der Waals surface area contributed by atoms with Crippen molar-refractivity contribution in [1.29, 1.82) is 0 Å². The molecule has 16 heavy (non-hydrogen) atoms. The van der Waals surface area contributed by atoms with E-state index in [2.05, 4.69) is 25.9 Å². The van der Waals surface area contributed by atoms with Crippen LogP contribution in [0, 0.1) is 0 Å². The van der Waals surface area contributed by atoms with Gasteiger partial charge in [-0.15, -0.1) is 11.3 Å². The lowest BCUT2D eigenvalue weighted by molar-refractivity contribution is 0.909. The summed E-state index contributed by atoms with van der Waals surface area (Å²) in [6.07, 6.45) is 6.82. The van der Waals surface area contributed by atoms with E-state index in [1.807, 2.05) is 18.5 Å². The monoisotopic (exact) mass is 232 g/mol. The Bertz CT molecular complexity index is 591. The first-order chi connectivity index (χ1) is 7.88. The van der Waals surface area contributed by atoms with Gasteiger partial charge in [-0.2, -0.15) is 0 Å². The highest BCUT2D eigenvalue weighted by molar-refractivity contribution is 7.15. The van der Waals surface area contributed by atoms with E-state index in [4.69, 9.17) is 5.73 Å². The minimum Gasteiger partial charge on any atom is -0.367 e. The molecule has 3 heterocycles. The van der Waals surface area contributed by atoms with Crippen LogP contribution in [0.1, 0.15) is 5.69 Å². The normalized spacial score (nSPS) is 11.3. The molecule has 0 saturated heterocycles. The molecule has 3 aromatic rings. The molecular weight excluding hydrogens is 220 g/mol. The number of aromatic nitrogens is 3. The number of aromatic amines is 1. The van der Waals surface area contributed by atoms with Crippen molar-refractivity contribution in [3.05, 3.63) is 35.7 Å². The topological polar surface area (TPSA) is 59.1 Å². The highest BCUT2D eigenvalue weighted by Gasteiger charge is 2.08. The molecule has 0 spiro atoms. The van der Waals surface area contributed by atoms with Crippen molar-refractivity contribution >= 4 is 16.3 Å². The maximum Gasteiger partial charge on any atom is 0.194 e. The smallest absolute Gasteiger partial charge is 0.194 e. The zero-order chi connectivity index (χ0) is 11.0. The van der Waals surface area contributed by atoms with Gasteiger partial charge in [0, 0.05) is 41.6 Å². The number of hydrogen-bond acceptors (Lipinski definition) is 3. The summed E-state index contributed by atoms with van der Waals surface area (Å²) >= 11 is 1.66. The first-order valence-electron chi connectivity index (χ1n) is 5.17. The molecular formula is C11H12N4S. The van der Waals surface area contributed by atoms with E-state index in [1.54, 1.807) is 11.3 Å². The standard InChI is InChI=1S/C11H12N4S/c12-3-1-9-7-16-11-14-10(6-15(9)11)8-2-4-13-5-8/h2,4-7,13H,1,3,12H2. The van der Waals surface area contributed by atoms with Crippen LogP contribution in [-0.2, 0) is 6.42 Å². The minimum atomic E-state index is 0.670. The summed E-state index contributed by atoms with van der Waals surface area (Å²) in [5.74, 6) is 0. The Morgan fingerprint density at radius 3 is 3.19 bits per heavy atom. The third-order valence-corrected chi connectivity index (χ3v) is 3.47. The number of rotatable bonds is 3. The third kappa shape index (κ3) is 1.45. The van der Waals surface area contributed by atoms with Crippen LogP contribution >= 0.6 is 11.3 Å². The number of fused-ring (bicyclic) bond motifs is 1. The fourth-order valence-electron chi connectivity index (χ4n) is 1.78. The second-order valence-electron chi connectivity index (χ2n) is 3.64. The number of H-pyrrole nitrogens is 1. The van der Waals surface area contributed by atoms with E-state index in [-0.39, 0.29) is 0 Å². The van der Waals surface area contributed by atoms with Crippen LogP contribution in [0.25, 0.3) is 16.2 Å². The Morgan fingerprint density at radius 1 is 1.50 bits per heavy atom. The average Bonchev–Trinajstić information content (AvgIpc) is 2.93. The van der Waals surface area contributed by atoms with Gasteiger partial charge in [-0.25, -0.2) is 4.98 Å². The van der Waals surface area contributed by atoms with Crippen molar-refractivity contribution in [2.45, 2.75) is 6.42 Å². The molecule has 0 aromatic carbocycles. The van der Waals surface area contributed by atoms with Crippen molar-refractivity contribution in [3.63, 3.8) is 0 Å². The van der Waals surface area contributed by atoms with Crippen LogP contribution in [0.3, 0.4) is 0 Å². The zero-order valence-electron chi connectivity index (χ0n) is 8.68. The minimum absolute atomic E-state index is 0.670. The van der Waals surface area contributed by atoms with E-state index >= 15 is 0 Å². The molecule has 0 radical (unpaired) electrons. The number of nitrogens with two attached hydrogens (primary N) is 1. The summed E-state index contributed by atoms with van der Waals surface area (Å²) in [6.45, 7) is 0.670. The van der Waals surface area contributed by atoms with Gasteiger partial charge in [0.1, 0.15) is 0 Å². The Balaban J connectivity index is 2.09. The second-order valence-corrected chi connectivity index (χ2v) is 4.48. The Morgan fingerprint density at radius 2 is 2.44 bits per heavy atom. The summed E-state index contributed by atoms with van der Waals surface area (Å²) in [6, 6.07) is 2.02. The molecule has 3 rings (SSSR count). The summed E-state index contributed by atoms with van der Waals surface area (Å²) in [5.41, 5.74) is 8.94. The summed E-state index contributed by atoms with van der Waals surface area (Å²) < 4.78 is 2.12. The van der Waals surface area contributed by atoms with Gasteiger partial charge in [-0.3, -0.25) is 4.40 Å². The van der Waals surface area contributed by atoms with Gasteiger partial charge in [0.15, 0.2) is 4.96 Å². The van der Waals surface area contributed by atoms with E-state index in [0.717, 1.165) is 22.6 Å². The summed E-state index contributed by atoms with van der Waals surface area (Å²) in [5, 5.41) is 2.12. The molecule has 0 aliphatic rings. The van der Waals surface area contributed by atoms with Crippen LogP contribution in [0.5, 0.6) is 0 Å². The van der Waals surface area contributed by atoms with Crippen molar-refractivity contribution in [3.8, 4) is 11.3 Å². The predicted molar refractivity (Wildman–Crippen MR) is 65.6 cm³/mol. The lowest BCUT2D eigenvalue weighted by atomic mass is 10.3. The maximum atomic E-state index is 5.58. The fourth-order valence-corrected chi connectivity index (χ4v) is 2.69. The molecule has 0 aliphatic heterocycles. The zero-order valence-corrected chi connectivity index (χ0v) is 9.50. The van der Waals surface area contributed by atoms with Gasteiger partial charge in [0.25, 0.3) is 0 Å². The van der Waals surface area contributed by atoms with Gasteiger partial charge < -0.3 is 10.7 Å². The van der Waals surface area contributed by atoms with Gasteiger partial charge in [0.2, 0.25) is 0 Å². The summed E-state index contributed by atoms with van der Waals surface area (Å²) in [4.78, 5) is 8.64. The number of thiazole rings is 1. The van der Waals surface area contributed by atoms with Crippen molar-refractivity contribution in [2.75, 3.05) is 6.54 Å². The molecule has 3 aromatic heterocycles. The average molecular weight is 232 g/mol. The molecule has 0 saturated carbocycles. The van der Waals surface area contributed by atoms with Crippen LogP contribution in [0.4, 0.5) is 0 Å². The quantitative estimate of drug-likeness (QED) is 0.724. The SMILES string of the molecule is NCCc1csc2nc(-c3cc[nH]c3)cn12. The highest BCUT2D eigenvalue weighted by atomic mass is 32.1. The van der Waals surface area contributed by atoms with Gasteiger partial charge in [-0.05, 0) is 12.6 Å². The molecule has 4 nitrogen and oxygen atoms in total. The van der Waals surface area contributed by atoms with Gasteiger partial charge >= 0.3 is 0 Å². The Hall–Kier alpha value is -1.59. The number of nitrogens with zero attached hydrogens (tertiary/aromatic N) is 2. The maximum absolute atomic E-state index is 5.58. The molecule has 0 fully saturated rings. The molecule has 0 amide bonds. The van der Waals surface area contributed by atoms with Gasteiger partial charge in [0.05, 0.1) is 5.69 Å². The van der Waals surface area contributed by atoms with E-state index in [0.29, 0.717) is 6.54 Å². The second kappa shape index (κ2) is 3.77. The molecule has 0 atom stereocenters. The first kappa shape index (κ1) is 9.62. The molecule has 3 N–H and O–H groups in total. The fraction of sp³-hybridized carbons (Fsp3) is 0.182. The lowest BCUT2D eigenvalue weighted by Gasteiger charge is -1.94. The van der Waals surface area contributed by atoms with E-state index < -0.39 is 0 Å². The molecule has 5 heteroatoms. The molecule has 0 bridgehead atoms. The van der Waals surface area contributed by atoms with Crippen molar-refractivity contribution < 1.29 is 0 Å². The van der Waals surface area contributed by atoms with Crippen LogP contribution in [0.2, 0.25) is 0 Å². The number of imidazole rings is 1. The number of nitrogens with one attached hydrogen (secondary N) is 1. The van der Waals surface area contributed by atoms with Crippen LogP contribution in [-0.4, -0.2) is 20.9 Å². The Labute approximate surface area is 96.7 Å². The largest absolute Gasteiger partial charge is 0.367 e. The summed E-state index contributed by atoms with van der Waals surface area (Å²) in [7, 11) is 0. The first-order valence-corrected chi connectivity index (χ1v) is 6.05. The van der Waals surface area contributed by atoms with Crippen LogP contribution in [0.15, 0.2) is 30.0 Å². The molecule has 82 valence electrons. The number of hydrogen-bond donors (Lipinski definition) is 2. The predicted octanol–water partition coefficient (Wildman–Crippen LogP) is 1.89. The lowest BCUT2D eigenvalue weighted by Crippen LogP contribution is -2.04. The van der Waals surface area contributed by atoms with Crippen molar-refractivity contribution in [2.24, 2.45) is 5.73 Å². The van der Waals surface area contributed by atoms with E-state index in [9.17, 15) is 0 Å². The molecule has 0 aliphatic carbocycles. The molecule has 0 unspecified atom stereocenters. The van der Waals surface area contributed by atoms with Crippen LogP contribution < -0.4 is 5.73 Å². The van der Waals surface area contributed by atoms with Gasteiger partial charge in [-0.1, -0.05) is 0 Å². The Kier molecular flexibility index (Phi) is 2.27. The third-order valence-electron chi connectivity index (χ3n) is 2.58. The van der Waals surface area contributed by atoms with Crippen molar-refractivity contribution in [1.82, 2.24) is 14.4 Å². The highest BCUT2D eigenvalue weighted by Crippen LogP contribution is 2.23.